The first kappa shape index (κ1) is 13.9. The van der Waals surface area contributed by atoms with E-state index >= 15 is 0 Å². The fourth-order valence-corrected chi connectivity index (χ4v) is 2.51. The average Bonchev–Trinajstić information content (AvgIpc) is 3.18. The quantitative estimate of drug-likeness (QED) is 0.823. The van der Waals surface area contributed by atoms with Gasteiger partial charge in [0.2, 0.25) is 0 Å². The van der Waals surface area contributed by atoms with Gasteiger partial charge in [0.1, 0.15) is 6.26 Å². The Kier molecular flexibility index (Phi) is 3.82. The summed E-state index contributed by atoms with van der Waals surface area (Å²) in [6, 6.07) is 10.7. The molecule has 21 heavy (non-hydrogen) atoms. The summed E-state index contributed by atoms with van der Waals surface area (Å²) >= 11 is 0. The van der Waals surface area contributed by atoms with Gasteiger partial charge in [-0.15, -0.1) is 0 Å². The zero-order valence-electron chi connectivity index (χ0n) is 12.6. The lowest BCUT2D eigenvalue weighted by atomic mass is 10.0. The van der Waals surface area contributed by atoms with Crippen LogP contribution in [-0.4, -0.2) is 16.8 Å². The maximum atomic E-state index is 12.5. The van der Waals surface area contributed by atoms with Crippen molar-refractivity contribution < 1.29 is 9.21 Å². The second kappa shape index (κ2) is 5.76. The average molecular weight is 283 g/mol. The Morgan fingerprint density at radius 3 is 2.48 bits per heavy atom. The van der Waals surface area contributed by atoms with E-state index < -0.39 is 0 Å². The van der Waals surface area contributed by atoms with E-state index in [-0.39, 0.29) is 5.91 Å². The van der Waals surface area contributed by atoms with Gasteiger partial charge in [-0.3, -0.25) is 4.79 Å². The second-order valence-corrected chi connectivity index (χ2v) is 6.07. The first-order valence-electron chi connectivity index (χ1n) is 7.57. The van der Waals surface area contributed by atoms with Crippen LogP contribution >= 0.6 is 0 Å². The Balaban J connectivity index is 1.75. The van der Waals surface area contributed by atoms with Crippen LogP contribution in [-0.2, 0) is 6.54 Å². The summed E-state index contributed by atoms with van der Waals surface area (Å²) in [5, 5.41) is 0. The summed E-state index contributed by atoms with van der Waals surface area (Å²) in [5.74, 6) is 0.602. The van der Waals surface area contributed by atoms with Gasteiger partial charge in [-0.05, 0) is 36.0 Å². The van der Waals surface area contributed by atoms with Crippen LogP contribution in [0.25, 0.3) is 0 Å². The molecule has 1 fully saturated rings. The minimum atomic E-state index is 0.0687. The van der Waals surface area contributed by atoms with E-state index in [1.54, 1.807) is 12.3 Å². The van der Waals surface area contributed by atoms with E-state index in [0.29, 0.717) is 24.1 Å². The lowest BCUT2D eigenvalue weighted by Crippen LogP contribution is -2.32. The number of furan rings is 1. The normalized spacial score (nSPS) is 14.4. The van der Waals surface area contributed by atoms with Gasteiger partial charge in [0, 0.05) is 12.6 Å². The van der Waals surface area contributed by atoms with Gasteiger partial charge in [-0.2, -0.15) is 0 Å². The number of amides is 1. The van der Waals surface area contributed by atoms with Crippen LogP contribution in [0, 0.1) is 0 Å². The largest absolute Gasteiger partial charge is 0.472 e. The summed E-state index contributed by atoms with van der Waals surface area (Å²) < 4.78 is 5.03. The van der Waals surface area contributed by atoms with E-state index in [2.05, 4.69) is 38.1 Å². The van der Waals surface area contributed by atoms with Crippen molar-refractivity contribution in [1.29, 1.82) is 0 Å². The predicted molar refractivity (Wildman–Crippen MR) is 82.1 cm³/mol. The van der Waals surface area contributed by atoms with Crippen LogP contribution in [0.3, 0.4) is 0 Å². The van der Waals surface area contributed by atoms with E-state index in [0.717, 1.165) is 12.8 Å². The van der Waals surface area contributed by atoms with Crippen LogP contribution in [0.5, 0.6) is 0 Å². The molecule has 3 nitrogen and oxygen atoms in total. The zero-order valence-corrected chi connectivity index (χ0v) is 12.6. The Bertz CT molecular complexity index is 595. The molecule has 0 bridgehead atoms. The Morgan fingerprint density at radius 2 is 1.95 bits per heavy atom. The number of benzene rings is 1. The molecule has 0 saturated heterocycles. The molecule has 1 saturated carbocycles. The Morgan fingerprint density at radius 1 is 1.24 bits per heavy atom. The number of nitrogens with zero attached hydrogens (tertiary/aromatic N) is 1. The standard InChI is InChI=1S/C18H21NO2/c1-13(2)15-5-3-14(4-6-15)11-19(17-7-8-17)18(20)16-9-10-21-12-16/h3-6,9-10,12-13,17H,7-8,11H2,1-2H3. The van der Waals surface area contributed by atoms with Gasteiger partial charge in [0.25, 0.3) is 5.91 Å². The van der Waals surface area contributed by atoms with Gasteiger partial charge < -0.3 is 9.32 Å². The van der Waals surface area contributed by atoms with Crippen molar-refractivity contribution in [2.75, 3.05) is 0 Å². The predicted octanol–water partition coefficient (Wildman–Crippen LogP) is 4.21. The van der Waals surface area contributed by atoms with Crippen LogP contribution in [0.1, 0.15) is 54.1 Å². The summed E-state index contributed by atoms with van der Waals surface area (Å²) in [7, 11) is 0. The molecule has 0 N–H and O–H groups in total. The number of hydrogen-bond donors (Lipinski definition) is 0. The lowest BCUT2D eigenvalue weighted by molar-refractivity contribution is 0.0729. The van der Waals surface area contributed by atoms with E-state index in [1.807, 2.05) is 4.90 Å². The van der Waals surface area contributed by atoms with Crippen molar-refractivity contribution in [3.05, 3.63) is 59.5 Å². The van der Waals surface area contributed by atoms with Crippen molar-refractivity contribution in [2.24, 2.45) is 0 Å². The smallest absolute Gasteiger partial charge is 0.257 e. The number of rotatable bonds is 5. The first-order chi connectivity index (χ1) is 10.1. The molecule has 3 rings (SSSR count). The van der Waals surface area contributed by atoms with Gasteiger partial charge in [0.15, 0.2) is 0 Å². The SMILES string of the molecule is CC(C)c1ccc(CN(C(=O)c2ccoc2)C2CC2)cc1. The Labute approximate surface area is 125 Å². The van der Waals surface area contributed by atoms with Crippen LogP contribution < -0.4 is 0 Å². The molecule has 2 aromatic rings. The monoisotopic (exact) mass is 283 g/mol. The third-order valence-electron chi connectivity index (χ3n) is 4.02. The maximum absolute atomic E-state index is 12.5. The fraction of sp³-hybridized carbons (Fsp3) is 0.389. The number of carbonyl (C=O) groups is 1. The topological polar surface area (TPSA) is 33.5 Å². The van der Waals surface area contributed by atoms with Crippen molar-refractivity contribution in [3.8, 4) is 0 Å². The van der Waals surface area contributed by atoms with Crippen LogP contribution in [0.2, 0.25) is 0 Å². The molecule has 0 spiro atoms. The first-order valence-corrected chi connectivity index (χ1v) is 7.57. The third kappa shape index (κ3) is 3.18. The van der Waals surface area contributed by atoms with E-state index in [9.17, 15) is 4.79 Å². The van der Waals surface area contributed by atoms with Crippen LogP contribution in [0.15, 0.2) is 47.3 Å². The van der Waals surface area contributed by atoms with E-state index in [1.165, 1.54) is 17.4 Å². The lowest BCUT2D eigenvalue weighted by Gasteiger charge is -2.22. The molecule has 0 aliphatic heterocycles. The zero-order chi connectivity index (χ0) is 14.8. The molecule has 1 heterocycles. The summed E-state index contributed by atoms with van der Waals surface area (Å²) in [6.07, 6.45) is 5.29. The minimum Gasteiger partial charge on any atom is -0.472 e. The number of hydrogen-bond acceptors (Lipinski definition) is 2. The van der Waals surface area contributed by atoms with Gasteiger partial charge in [-0.1, -0.05) is 38.1 Å². The summed E-state index contributed by atoms with van der Waals surface area (Å²) in [4.78, 5) is 14.5. The highest BCUT2D eigenvalue weighted by Crippen LogP contribution is 2.30. The Hall–Kier alpha value is -2.03. The molecule has 1 aromatic carbocycles. The maximum Gasteiger partial charge on any atom is 0.257 e. The summed E-state index contributed by atoms with van der Waals surface area (Å²) in [5.41, 5.74) is 3.15. The molecular weight excluding hydrogens is 262 g/mol. The van der Waals surface area contributed by atoms with E-state index in [4.69, 9.17) is 4.42 Å². The van der Waals surface area contributed by atoms with Crippen molar-refractivity contribution in [3.63, 3.8) is 0 Å². The highest BCUT2D eigenvalue weighted by Gasteiger charge is 2.33. The molecule has 0 radical (unpaired) electrons. The molecule has 0 unspecified atom stereocenters. The van der Waals surface area contributed by atoms with Crippen molar-refractivity contribution >= 4 is 5.91 Å². The molecule has 1 amide bonds. The number of carbonyl (C=O) groups excluding carboxylic acids is 1. The van der Waals surface area contributed by atoms with Gasteiger partial charge in [0.05, 0.1) is 11.8 Å². The molecular formula is C18H21NO2. The molecule has 1 aromatic heterocycles. The minimum absolute atomic E-state index is 0.0687. The van der Waals surface area contributed by atoms with Crippen LogP contribution in [0.4, 0.5) is 0 Å². The van der Waals surface area contributed by atoms with Gasteiger partial charge in [-0.25, -0.2) is 0 Å². The second-order valence-electron chi connectivity index (χ2n) is 6.07. The molecule has 3 heteroatoms. The highest BCUT2D eigenvalue weighted by molar-refractivity contribution is 5.94. The molecule has 0 atom stereocenters. The summed E-state index contributed by atoms with van der Waals surface area (Å²) in [6.45, 7) is 5.05. The van der Waals surface area contributed by atoms with Gasteiger partial charge >= 0.3 is 0 Å². The molecule has 110 valence electrons. The molecule has 1 aliphatic carbocycles. The molecule has 1 aliphatic rings. The highest BCUT2D eigenvalue weighted by atomic mass is 16.3. The van der Waals surface area contributed by atoms with Crippen molar-refractivity contribution in [1.82, 2.24) is 4.90 Å². The van der Waals surface area contributed by atoms with Crippen molar-refractivity contribution in [2.45, 2.75) is 45.2 Å². The third-order valence-corrected chi connectivity index (χ3v) is 4.02. The fourth-order valence-electron chi connectivity index (χ4n) is 2.51.